The Bertz CT molecular complexity index is 1070. The summed E-state index contributed by atoms with van der Waals surface area (Å²) in [7, 11) is 0. The lowest BCUT2D eigenvalue weighted by molar-refractivity contribution is -0.119. The molecule has 0 radical (unpaired) electrons. The number of carbonyl (C=O) groups excluding carboxylic acids is 1. The first kappa shape index (κ1) is 20.8. The second-order valence-electron chi connectivity index (χ2n) is 8.48. The van der Waals surface area contributed by atoms with Gasteiger partial charge in [-0.25, -0.2) is 4.98 Å². The Morgan fingerprint density at radius 1 is 1.16 bits per heavy atom. The number of hydrogen-bond acceptors (Lipinski definition) is 6. The monoisotopic (exact) mass is 416 g/mol. The molecule has 2 aromatic heterocycles. The van der Waals surface area contributed by atoms with E-state index in [-0.39, 0.29) is 11.4 Å². The average Bonchev–Trinajstić information content (AvgIpc) is 2.77. The van der Waals surface area contributed by atoms with Gasteiger partial charge in [0.15, 0.2) is 0 Å². The Kier molecular flexibility index (Phi) is 5.84. The molecule has 0 saturated heterocycles. The zero-order valence-corrected chi connectivity index (χ0v) is 18.2. The number of fused-ring (bicyclic) bond motifs is 1. The number of anilines is 3. The highest BCUT2D eigenvalue weighted by molar-refractivity contribution is 5.73. The topological polar surface area (TPSA) is 83.0 Å². The van der Waals surface area contributed by atoms with Crippen molar-refractivity contribution in [2.24, 2.45) is 0 Å². The largest absolute Gasteiger partial charge is 0.354 e. The maximum Gasteiger partial charge on any atom is 0.225 e. The molecule has 0 bridgehead atoms. The third kappa shape index (κ3) is 4.99. The van der Waals surface area contributed by atoms with Gasteiger partial charge in [0.25, 0.3) is 0 Å². The van der Waals surface area contributed by atoms with Crippen molar-refractivity contribution in [1.29, 1.82) is 0 Å². The van der Waals surface area contributed by atoms with Crippen LogP contribution < -0.4 is 15.5 Å². The maximum atomic E-state index is 11.3. The maximum absolute atomic E-state index is 11.3. The van der Waals surface area contributed by atoms with Crippen LogP contribution in [0.5, 0.6) is 0 Å². The van der Waals surface area contributed by atoms with E-state index in [1.54, 1.807) is 6.20 Å². The summed E-state index contributed by atoms with van der Waals surface area (Å²) >= 11 is 0. The van der Waals surface area contributed by atoms with Crippen LogP contribution in [0.15, 0.2) is 54.9 Å². The first-order valence-electron chi connectivity index (χ1n) is 10.6. The van der Waals surface area contributed by atoms with E-state index in [0.717, 1.165) is 42.1 Å². The molecule has 1 aromatic carbocycles. The smallest absolute Gasteiger partial charge is 0.225 e. The summed E-state index contributed by atoms with van der Waals surface area (Å²) in [6, 6.07) is 14.3. The van der Waals surface area contributed by atoms with Gasteiger partial charge in [-0.2, -0.15) is 4.98 Å². The van der Waals surface area contributed by atoms with Crippen LogP contribution in [0.3, 0.4) is 0 Å². The minimum Gasteiger partial charge on any atom is -0.354 e. The minimum atomic E-state index is -0.380. The predicted molar refractivity (Wildman–Crippen MR) is 123 cm³/mol. The van der Waals surface area contributed by atoms with E-state index in [1.165, 1.54) is 12.5 Å². The predicted octanol–water partition coefficient (Wildman–Crippen LogP) is 3.95. The zero-order valence-electron chi connectivity index (χ0n) is 18.2. The Morgan fingerprint density at radius 3 is 2.74 bits per heavy atom. The minimum absolute atomic E-state index is 0.0581. The highest BCUT2D eigenvalue weighted by atomic mass is 16.1. The van der Waals surface area contributed by atoms with Gasteiger partial charge < -0.3 is 15.5 Å². The number of nitrogens with zero attached hydrogens (tertiary/aromatic N) is 4. The fourth-order valence-corrected chi connectivity index (χ4v) is 3.72. The molecule has 0 spiro atoms. The van der Waals surface area contributed by atoms with Crippen LogP contribution in [0, 0.1) is 0 Å². The molecule has 0 saturated carbocycles. The lowest BCUT2D eigenvalue weighted by Gasteiger charge is -2.31. The third-order valence-electron chi connectivity index (χ3n) is 5.30. The number of nitrogens with one attached hydrogen (secondary N) is 2. The van der Waals surface area contributed by atoms with Crippen molar-refractivity contribution in [3.8, 4) is 11.3 Å². The van der Waals surface area contributed by atoms with E-state index in [0.29, 0.717) is 12.5 Å². The molecule has 0 fully saturated rings. The van der Waals surface area contributed by atoms with Crippen LogP contribution in [0.25, 0.3) is 11.3 Å². The number of amides is 1. The molecule has 7 heteroatoms. The molecular weight excluding hydrogens is 388 g/mol. The van der Waals surface area contributed by atoms with Gasteiger partial charge in [-0.05, 0) is 44.4 Å². The normalized spacial score (nSPS) is 13.5. The SMILES string of the molecule is CC(=O)NCC(C)(C)Nc1nccc(N2CCCc3cnc(-c4ccccc4)cc32)n1. The number of benzene rings is 1. The van der Waals surface area contributed by atoms with E-state index in [2.05, 4.69) is 43.7 Å². The summed E-state index contributed by atoms with van der Waals surface area (Å²) < 4.78 is 0. The highest BCUT2D eigenvalue weighted by Crippen LogP contribution is 2.35. The Morgan fingerprint density at radius 2 is 1.97 bits per heavy atom. The van der Waals surface area contributed by atoms with Gasteiger partial charge >= 0.3 is 0 Å². The standard InChI is InChI=1S/C24H28N6O/c1-17(31)27-16-24(2,3)29-23-25-12-11-22(28-23)30-13-7-10-19-15-26-20(14-21(19)30)18-8-5-4-6-9-18/h4-6,8-9,11-12,14-15H,7,10,13,16H2,1-3H3,(H,27,31)(H,25,28,29). The molecule has 7 nitrogen and oxygen atoms in total. The molecule has 1 aliphatic rings. The van der Waals surface area contributed by atoms with Gasteiger partial charge in [0.2, 0.25) is 11.9 Å². The molecule has 0 atom stereocenters. The molecule has 0 aliphatic carbocycles. The zero-order chi connectivity index (χ0) is 21.8. The van der Waals surface area contributed by atoms with Gasteiger partial charge in [0.1, 0.15) is 5.82 Å². The van der Waals surface area contributed by atoms with Crippen molar-refractivity contribution in [1.82, 2.24) is 20.3 Å². The highest BCUT2D eigenvalue weighted by Gasteiger charge is 2.23. The number of rotatable bonds is 6. The van der Waals surface area contributed by atoms with Crippen LogP contribution in [-0.2, 0) is 11.2 Å². The van der Waals surface area contributed by atoms with Crippen molar-refractivity contribution < 1.29 is 4.79 Å². The molecule has 31 heavy (non-hydrogen) atoms. The van der Waals surface area contributed by atoms with Crippen LogP contribution in [0.2, 0.25) is 0 Å². The van der Waals surface area contributed by atoms with Gasteiger partial charge in [-0.3, -0.25) is 9.78 Å². The number of aromatic nitrogens is 3. The number of carbonyl (C=O) groups is 1. The summed E-state index contributed by atoms with van der Waals surface area (Å²) in [5.74, 6) is 1.33. The number of pyridine rings is 1. The molecular formula is C24H28N6O. The first-order valence-corrected chi connectivity index (χ1v) is 10.6. The molecule has 160 valence electrons. The van der Waals surface area contributed by atoms with E-state index in [9.17, 15) is 4.79 Å². The van der Waals surface area contributed by atoms with E-state index >= 15 is 0 Å². The van der Waals surface area contributed by atoms with E-state index in [1.807, 2.05) is 44.3 Å². The van der Waals surface area contributed by atoms with Crippen molar-refractivity contribution in [3.05, 3.63) is 60.4 Å². The molecule has 4 rings (SSSR count). The average molecular weight is 417 g/mol. The quantitative estimate of drug-likeness (QED) is 0.633. The van der Waals surface area contributed by atoms with Gasteiger partial charge in [0.05, 0.1) is 11.2 Å². The van der Waals surface area contributed by atoms with Crippen molar-refractivity contribution in [2.75, 3.05) is 23.3 Å². The lowest BCUT2D eigenvalue weighted by Crippen LogP contribution is -2.44. The summed E-state index contributed by atoms with van der Waals surface area (Å²) in [6.45, 7) is 6.89. The molecule has 1 amide bonds. The van der Waals surface area contributed by atoms with E-state index in [4.69, 9.17) is 4.98 Å². The second-order valence-corrected chi connectivity index (χ2v) is 8.48. The Labute approximate surface area is 183 Å². The van der Waals surface area contributed by atoms with Crippen molar-refractivity contribution in [3.63, 3.8) is 0 Å². The van der Waals surface area contributed by atoms with Gasteiger partial charge in [-0.15, -0.1) is 0 Å². The Hall–Kier alpha value is -3.48. The van der Waals surface area contributed by atoms with Crippen LogP contribution in [-0.4, -0.2) is 39.5 Å². The van der Waals surface area contributed by atoms with Gasteiger partial charge in [0, 0.05) is 43.7 Å². The number of hydrogen-bond donors (Lipinski definition) is 2. The summed E-state index contributed by atoms with van der Waals surface area (Å²) in [4.78, 5) is 27.4. The molecule has 3 heterocycles. The fraction of sp³-hybridized carbons (Fsp3) is 0.333. The third-order valence-corrected chi connectivity index (χ3v) is 5.30. The molecule has 1 aliphatic heterocycles. The van der Waals surface area contributed by atoms with Crippen molar-refractivity contribution >= 4 is 23.4 Å². The first-order chi connectivity index (χ1) is 14.9. The lowest BCUT2D eigenvalue weighted by atomic mass is 10.0. The van der Waals surface area contributed by atoms with E-state index < -0.39 is 0 Å². The van der Waals surface area contributed by atoms with Crippen LogP contribution >= 0.6 is 0 Å². The van der Waals surface area contributed by atoms with Crippen LogP contribution in [0.1, 0.15) is 32.8 Å². The molecule has 0 unspecified atom stereocenters. The Balaban J connectivity index is 1.61. The van der Waals surface area contributed by atoms with Crippen molar-refractivity contribution in [2.45, 2.75) is 39.2 Å². The van der Waals surface area contributed by atoms with Gasteiger partial charge in [-0.1, -0.05) is 30.3 Å². The summed E-state index contributed by atoms with van der Waals surface area (Å²) in [5.41, 5.74) is 4.04. The molecule has 2 N–H and O–H groups in total. The summed E-state index contributed by atoms with van der Waals surface area (Å²) in [5, 5.41) is 6.18. The summed E-state index contributed by atoms with van der Waals surface area (Å²) in [6.07, 6.45) is 5.81. The van der Waals surface area contributed by atoms with Crippen LogP contribution in [0.4, 0.5) is 17.5 Å². The molecule has 3 aromatic rings. The number of aryl methyl sites for hydroxylation is 1. The second kappa shape index (κ2) is 8.71. The fourth-order valence-electron chi connectivity index (χ4n) is 3.72.